The number of carbonyl (C=O) groups is 3. The maximum atomic E-state index is 13.9. The summed E-state index contributed by atoms with van der Waals surface area (Å²) in [6, 6.07) is 6.47. The van der Waals surface area contributed by atoms with Gasteiger partial charge in [0.1, 0.15) is 17.0 Å². The summed E-state index contributed by atoms with van der Waals surface area (Å²) in [5, 5.41) is 0. The van der Waals surface area contributed by atoms with E-state index in [1.165, 1.54) is 56.3 Å². The molecule has 1 aromatic carbocycles. The zero-order chi connectivity index (χ0) is 34.1. The zero-order valence-electron chi connectivity index (χ0n) is 29.5. The number of amides is 1. The molecule has 0 bridgehead atoms. The predicted octanol–water partition coefficient (Wildman–Crippen LogP) is 6.82. The normalized spacial score (nSPS) is 13.9. The Labute approximate surface area is 273 Å². The van der Waals surface area contributed by atoms with Crippen molar-refractivity contribution in [2.45, 2.75) is 161 Å². The number of nitrogens with two attached hydrogens (primary N) is 2. The minimum absolute atomic E-state index is 0.0865. The van der Waals surface area contributed by atoms with E-state index in [4.69, 9.17) is 25.7 Å². The quantitative estimate of drug-likeness (QED) is 0.0855. The third kappa shape index (κ3) is 16.0. The summed E-state index contributed by atoms with van der Waals surface area (Å²) in [6.07, 6.45) is 13.0. The van der Waals surface area contributed by atoms with E-state index in [2.05, 4.69) is 6.92 Å². The fraction of sp³-hybridized carbons (Fsp3) is 0.750. The van der Waals surface area contributed by atoms with Gasteiger partial charge in [0.05, 0.1) is 6.61 Å². The highest BCUT2D eigenvalue weighted by molar-refractivity contribution is 6.08. The van der Waals surface area contributed by atoms with Crippen molar-refractivity contribution in [2.24, 2.45) is 11.5 Å². The van der Waals surface area contributed by atoms with Gasteiger partial charge in [-0.3, -0.25) is 9.59 Å². The average Bonchev–Trinajstić information content (AvgIpc) is 2.93. The number of rotatable bonds is 21. The molecule has 0 aliphatic rings. The molecule has 9 nitrogen and oxygen atoms in total. The van der Waals surface area contributed by atoms with Gasteiger partial charge in [-0.25, -0.2) is 4.79 Å². The van der Waals surface area contributed by atoms with Crippen LogP contribution in [0.4, 0.5) is 0 Å². The Morgan fingerprint density at radius 3 is 1.89 bits per heavy atom. The van der Waals surface area contributed by atoms with Crippen LogP contribution in [-0.2, 0) is 30.4 Å². The summed E-state index contributed by atoms with van der Waals surface area (Å²) in [7, 11) is 1.58. The maximum Gasteiger partial charge on any atom is 0.338 e. The molecule has 0 aromatic heterocycles. The number of hydrogen-bond acceptors (Lipinski definition) is 8. The zero-order valence-corrected chi connectivity index (χ0v) is 29.5. The van der Waals surface area contributed by atoms with E-state index in [1.807, 2.05) is 24.3 Å². The summed E-state index contributed by atoms with van der Waals surface area (Å²) < 4.78 is 17.1. The fourth-order valence-electron chi connectivity index (χ4n) is 5.04. The van der Waals surface area contributed by atoms with E-state index in [1.54, 1.807) is 48.6 Å². The first-order chi connectivity index (χ1) is 21.0. The number of likely N-dealkylation sites (N-methyl/N-ethyl adjacent to an activating group) is 1. The molecule has 1 unspecified atom stereocenters. The molecule has 0 saturated heterocycles. The van der Waals surface area contributed by atoms with Crippen LogP contribution in [0.2, 0.25) is 0 Å². The largest absolute Gasteiger partial charge is 0.493 e. The second-order valence-corrected chi connectivity index (χ2v) is 14.3. The lowest BCUT2D eigenvalue weighted by atomic mass is 9.86. The Morgan fingerprint density at radius 2 is 1.33 bits per heavy atom. The number of hydrogen-bond donors (Lipinski definition) is 2. The van der Waals surface area contributed by atoms with Crippen molar-refractivity contribution >= 4 is 17.8 Å². The maximum absolute atomic E-state index is 13.9. The van der Waals surface area contributed by atoms with Crippen LogP contribution >= 0.6 is 0 Å². The van der Waals surface area contributed by atoms with E-state index in [9.17, 15) is 14.4 Å². The number of unbranched alkanes of at least 4 members (excludes halogenated alkanes) is 9. The molecule has 0 aliphatic carbocycles. The van der Waals surface area contributed by atoms with Crippen LogP contribution in [0.25, 0.3) is 0 Å². The molecule has 0 radical (unpaired) electrons. The van der Waals surface area contributed by atoms with Crippen LogP contribution in [0.3, 0.4) is 0 Å². The van der Waals surface area contributed by atoms with Gasteiger partial charge in [0.25, 0.3) is 5.91 Å². The number of carbonyl (C=O) groups excluding carboxylic acids is 3. The number of benzene rings is 1. The molecule has 0 fully saturated rings. The lowest BCUT2D eigenvalue weighted by Crippen LogP contribution is -2.70. The molecule has 1 amide bonds. The molecule has 2 atom stereocenters. The van der Waals surface area contributed by atoms with Crippen molar-refractivity contribution in [1.82, 2.24) is 4.90 Å². The second-order valence-electron chi connectivity index (χ2n) is 14.3. The van der Waals surface area contributed by atoms with Crippen molar-refractivity contribution in [2.75, 3.05) is 13.7 Å². The van der Waals surface area contributed by atoms with Crippen LogP contribution in [0, 0.1) is 0 Å². The number of para-hydroxylation sites is 1. The first kappa shape index (κ1) is 40.4. The molecule has 1 aromatic rings. The van der Waals surface area contributed by atoms with Crippen molar-refractivity contribution in [3.63, 3.8) is 0 Å². The van der Waals surface area contributed by atoms with E-state index >= 15 is 0 Å². The van der Waals surface area contributed by atoms with Gasteiger partial charge in [0.15, 0.2) is 0 Å². The molecule has 0 heterocycles. The first-order valence-electron chi connectivity index (χ1n) is 17.0. The number of esters is 2. The van der Waals surface area contributed by atoms with Gasteiger partial charge in [0, 0.05) is 31.6 Å². The first-order valence-corrected chi connectivity index (χ1v) is 17.0. The lowest BCUT2D eigenvalue weighted by molar-refractivity contribution is -0.168. The number of nitrogens with zero attached hydrogens (tertiary/aromatic N) is 1. The lowest BCUT2D eigenvalue weighted by Gasteiger charge is -2.37. The Balaban J connectivity index is 2.83. The third-order valence-corrected chi connectivity index (χ3v) is 7.47. The summed E-state index contributed by atoms with van der Waals surface area (Å²) in [6.45, 7) is 13.5. The van der Waals surface area contributed by atoms with Crippen LogP contribution < -0.4 is 16.2 Å². The Kier molecular flexibility index (Phi) is 17.7. The third-order valence-electron chi connectivity index (χ3n) is 7.47. The Bertz CT molecular complexity index is 1030. The van der Waals surface area contributed by atoms with Gasteiger partial charge in [-0.1, -0.05) is 82.9 Å². The molecule has 258 valence electrons. The van der Waals surface area contributed by atoms with Crippen molar-refractivity contribution < 1.29 is 28.6 Å². The van der Waals surface area contributed by atoms with Crippen LogP contribution in [-0.4, -0.2) is 59.2 Å². The molecule has 1 rings (SSSR count). The molecule has 0 spiro atoms. The highest BCUT2D eigenvalue weighted by atomic mass is 16.6. The van der Waals surface area contributed by atoms with Gasteiger partial charge in [0.2, 0.25) is 5.54 Å². The monoisotopic (exact) mass is 633 g/mol. The van der Waals surface area contributed by atoms with Gasteiger partial charge in [-0.15, -0.1) is 0 Å². The van der Waals surface area contributed by atoms with Gasteiger partial charge in [-0.2, -0.15) is 0 Å². The molecular weight excluding hydrogens is 570 g/mol. The van der Waals surface area contributed by atoms with Crippen molar-refractivity contribution in [1.29, 1.82) is 0 Å². The summed E-state index contributed by atoms with van der Waals surface area (Å²) in [5.74, 6) is -1.25. The van der Waals surface area contributed by atoms with Gasteiger partial charge in [-0.05, 0) is 66.9 Å². The Hall–Kier alpha value is -2.65. The molecular formula is C36H63N3O6. The van der Waals surface area contributed by atoms with Crippen LogP contribution in [0.5, 0.6) is 5.75 Å². The van der Waals surface area contributed by atoms with E-state index in [0.29, 0.717) is 18.8 Å². The summed E-state index contributed by atoms with van der Waals surface area (Å²) >= 11 is 0. The number of ether oxygens (including phenoxy) is 3. The van der Waals surface area contributed by atoms with Gasteiger partial charge < -0.3 is 30.6 Å². The summed E-state index contributed by atoms with van der Waals surface area (Å²) in [5.41, 5.74) is 10.2. The molecule has 9 heteroatoms. The topological polar surface area (TPSA) is 134 Å². The standard InChI is InChI=1S/C36H63N3O6/c1-9-10-11-12-13-14-15-16-17-20-26-43-29-23-19-18-22-28(29)27-39(8)32(41)36(38,33(42)45-35(5,6)7)30(37)24-21-25-31(40)44-34(2,3)4/h18-19,22-23,30H,9-17,20-21,24-27,37-38H2,1-8H3/t30?,36-/m1/s1. The van der Waals surface area contributed by atoms with Crippen molar-refractivity contribution in [3.05, 3.63) is 29.8 Å². The summed E-state index contributed by atoms with van der Waals surface area (Å²) in [4.78, 5) is 40.9. The van der Waals surface area contributed by atoms with Crippen LogP contribution in [0.15, 0.2) is 24.3 Å². The fourth-order valence-corrected chi connectivity index (χ4v) is 5.04. The van der Waals surface area contributed by atoms with E-state index in [-0.39, 0.29) is 25.4 Å². The predicted molar refractivity (Wildman–Crippen MR) is 181 cm³/mol. The molecule has 0 saturated carbocycles. The Morgan fingerprint density at radius 1 is 0.800 bits per heavy atom. The SMILES string of the molecule is CCCCCCCCCCCCOc1ccccc1CN(C)C(=O)[C@@](N)(C(=O)OC(C)(C)C)C(N)CCCC(=O)OC(C)(C)C. The van der Waals surface area contributed by atoms with E-state index in [0.717, 1.165) is 18.4 Å². The molecule has 45 heavy (non-hydrogen) atoms. The van der Waals surface area contributed by atoms with E-state index < -0.39 is 34.7 Å². The average molecular weight is 634 g/mol. The van der Waals surface area contributed by atoms with Crippen LogP contribution in [0.1, 0.15) is 138 Å². The molecule has 0 aliphatic heterocycles. The highest BCUT2D eigenvalue weighted by Gasteiger charge is 2.51. The molecule has 4 N–H and O–H groups in total. The van der Waals surface area contributed by atoms with Crippen molar-refractivity contribution in [3.8, 4) is 5.75 Å². The van der Waals surface area contributed by atoms with Gasteiger partial charge >= 0.3 is 11.9 Å². The minimum Gasteiger partial charge on any atom is -0.493 e. The smallest absolute Gasteiger partial charge is 0.338 e. The second kappa shape index (κ2) is 19.8. The minimum atomic E-state index is -2.15. The highest BCUT2D eigenvalue weighted by Crippen LogP contribution is 2.25.